The molecule has 132 valence electrons. The van der Waals surface area contributed by atoms with Crippen LogP contribution in [0.4, 0.5) is 0 Å². The zero-order valence-corrected chi connectivity index (χ0v) is 15.9. The summed E-state index contributed by atoms with van der Waals surface area (Å²) in [5.41, 5.74) is 2.88. The highest BCUT2D eigenvalue weighted by Gasteiger charge is 2.14. The molecule has 2 rings (SSSR count). The van der Waals surface area contributed by atoms with Crippen LogP contribution in [0.15, 0.2) is 48.5 Å². The Labute approximate surface area is 154 Å². The second kappa shape index (κ2) is 8.12. The standard InChI is InChI=1S/C20H24N2O2S/c1-20(2,3)16-9-7-15(8-10-16)18(23)22-19(25)21-13-14-5-11-17(24-4)12-6-14/h5-12H,13H2,1-4H3,(H2,21,22,23,25). The summed E-state index contributed by atoms with van der Waals surface area (Å²) in [6.45, 7) is 6.95. The quantitative estimate of drug-likeness (QED) is 0.818. The van der Waals surface area contributed by atoms with E-state index in [1.807, 2.05) is 48.5 Å². The summed E-state index contributed by atoms with van der Waals surface area (Å²) < 4.78 is 5.12. The molecular weight excluding hydrogens is 332 g/mol. The number of carbonyl (C=O) groups excluding carboxylic acids is 1. The molecule has 0 aliphatic heterocycles. The number of nitrogens with one attached hydrogen (secondary N) is 2. The van der Waals surface area contributed by atoms with Gasteiger partial charge >= 0.3 is 0 Å². The summed E-state index contributed by atoms with van der Waals surface area (Å²) in [5.74, 6) is 0.589. The lowest BCUT2D eigenvalue weighted by atomic mass is 9.87. The van der Waals surface area contributed by atoms with Gasteiger partial charge in [-0.1, -0.05) is 45.0 Å². The first-order valence-corrected chi connectivity index (χ1v) is 8.53. The predicted octanol–water partition coefficient (Wildman–Crippen LogP) is 3.80. The van der Waals surface area contributed by atoms with Gasteiger partial charge in [0.1, 0.15) is 5.75 Å². The summed E-state index contributed by atoms with van der Waals surface area (Å²) in [4.78, 5) is 12.3. The first kappa shape index (κ1) is 18.9. The predicted molar refractivity (Wildman–Crippen MR) is 105 cm³/mol. The summed E-state index contributed by atoms with van der Waals surface area (Å²) >= 11 is 5.20. The molecule has 1 amide bonds. The Morgan fingerprint density at radius 3 is 2.16 bits per heavy atom. The molecule has 2 aromatic carbocycles. The van der Waals surface area contributed by atoms with Gasteiger partial charge in [-0.25, -0.2) is 0 Å². The van der Waals surface area contributed by atoms with E-state index in [-0.39, 0.29) is 11.3 Å². The van der Waals surface area contributed by atoms with Crippen LogP contribution in [0, 0.1) is 0 Å². The second-order valence-corrected chi connectivity index (χ2v) is 7.22. The number of rotatable bonds is 4. The molecule has 2 N–H and O–H groups in total. The Hall–Kier alpha value is -2.40. The average Bonchev–Trinajstić information content (AvgIpc) is 2.59. The number of methoxy groups -OCH3 is 1. The summed E-state index contributed by atoms with van der Waals surface area (Å²) in [6, 6.07) is 15.3. The highest BCUT2D eigenvalue weighted by atomic mass is 32.1. The monoisotopic (exact) mass is 356 g/mol. The normalized spacial score (nSPS) is 10.9. The summed E-state index contributed by atoms with van der Waals surface area (Å²) in [5, 5.41) is 6.04. The maximum atomic E-state index is 12.3. The number of ether oxygens (including phenoxy) is 1. The summed E-state index contributed by atoms with van der Waals surface area (Å²) in [6.07, 6.45) is 0. The molecule has 5 heteroatoms. The van der Waals surface area contributed by atoms with Crippen LogP contribution in [0.25, 0.3) is 0 Å². The molecule has 0 atom stereocenters. The van der Waals surface area contributed by atoms with Gasteiger partial charge in [0.05, 0.1) is 7.11 Å². The molecule has 0 spiro atoms. The molecule has 0 saturated carbocycles. The van der Waals surface area contributed by atoms with Crippen molar-refractivity contribution in [1.29, 1.82) is 0 Å². The first-order valence-electron chi connectivity index (χ1n) is 8.12. The third kappa shape index (κ3) is 5.57. The molecule has 0 fully saturated rings. The number of amides is 1. The lowest BCUT2D eigenvalue weighted by Crippen LogP contribution is -2.38. The molecule has 0 radical (unpaired) electrons. The number of hydrogen-bond donors (Lipinski definition) is 2. The Morgan fingerprint density at radius 1 is 1.04 bits per heavy atom. The van der Waals surface area contributed by atoms with Crippen LogP contribution in [0.5, 0.6) is 5.75 Å². The van der Waals surface area contributed by atoms with Crippen molar-refractivity contribution in [2.45, 2.75) is 32.7 Å². The number of hydrogen-bond acceptors (Lipinski definition) is 3. The highest BCUT2D eigenvalue weighted by molar-refractivity contribution is 7.80. The fourth-order valence-electron chi connectivity index (χ4n) is 2.27. The number of benzene rings is 2. The fourth-order valence-corrected chi connectivity index (χ4v) is 2.43. The van der Waals surface area contributed by atoms with Crippen molar-refractivity contribution < 1.29 is 9.53 Å². The molecule has 0 aliphatic rings. The van der Waals surface area contributed by atoms with E-state index in [9.17, 15) is 4.79 Å². The smallest absolute Gasteiger partial charge is 0.257 e. The van der Waals surface area contributed by atoms with Gasteiger partial charge in [-0.2, -0.15) is 0 Å². The van der Waals surface area contributed by atoms with Gasteiger partial charge < -0.3 is 10.1 Å². The molecule has 0 aromatic heterocycles. The maximum absolute atomic E-state index is 12.3. The van der Waals surface area contributed by atoms with Crippen LogP contribution in [0.3, 0.4) is 0 Å². The minimum atomic E-state index is -0.215. The molecule has 0 unspecified atom stereocenters. The van der Waals surface area contributed by atoms with Crippen LogP contribution in [-0.4, -0.2) is 18.1 Å². The fraction of sp³-hybridized carbons (Fsp3) is 0.300. The highest BCUT2D eigenvalue weighted by Crippen LogP contribution is 2.22. The van der Waals surface area contributed by atoms with E-state index in [0.29, 0.717) is 17.2 Å². The Kier molecular flexibility index (Phi) is 6.15. The van der Waals surface area contributed by atoms with Gasteiger partial charge in [0.25, 0.3) is 5.91 Å². The number of carbonyl (C=O) groups is 1. The van der Waals surface area contributed by atoms with E-state index in [4.69, 9.17) is 17.0 Å². The van der Waals surface area contributed by atoms with E-state index < -0.39 is 0 Å². The number of thiocarbonyl (C=S) groups is 1. The van der Waals surface area contributed by atoms with Crippen molar-refractivity contribution in [3.63, 3.8) is 0 Å². The molecule has 25 heavy (non-hydrogen) atoms. The third-order valence-corrected chi connectivity index (χ3v) is 4.10. The third-order valence-electron chi connectivity index (χ3n) is 3.85. The molecular formula is C20H24N2O2S. The van der Waals surface area contributed by atoms with E-state index >= 15 is 0 Å². The van der Waals surface area contributed by atoms with Crippen molar-refractivity contribution in [2.24, 2.45) is 0 Å². The Bertz CT molecular complexity index is 732. The van der Waals surface area contributed by atoms with Crippen molar-refractivity contribution in [1.82, 2.24) is 10.6 Å². The van der Waals surface area contributed by atoms with E-state index in [1.165, 1.54) is 5.56 Å². The molecule has 0 bridgehead atoms. The van der Waals surface area contributed by atoms with Crippen molar-refractivity contribution >= 4 is 23.2 Å². The maximum Gasteiger partial charge on any atom is 0.257 e. The largest absolute Gasteiger partial charge is 0.497 e. The van der Waals surface area contributed by atoms with Gasteiger partial charge in [-0.3, -0.25) is 10.1 Å². The average molecular weight is 356 g/mol. The summed E-state index contributed by atoms with van der Waals surface area (Å²) in [7, 11) is 1.63. The SMILES string of the molecule is COc1ccc(CNC(=S)NC(=O)c2ccc(C(C)(C)C)cc2)cc1. The van der Waals surface area contributed by atoms with Gasteiger partial charge in [-0.15, -0.1) is 0 Å². The Balaban J connectivity index is 1.88. The van der Waals surface area contributed by atoms with Gasteiger partial charge in [0, 0.05) is 12.1 Å². The Morgan fingerprint density at radius 2 is 1.64 bits per heavy atom. The van der Waals surface area contributed by atoms with Crippen molar-refractivity contribution in [3.8, 4) is 5.75 Å². The first-order chi connectivity index (χ1) is 11.8. The minimum Gasteiger partial charge on any atom is -0.497 e. The zero-order chi connectivity index (χ0) is 18.4. The van der Waals surface area contributed by atoms with Gasteiger partial charge in [0.2, 0.25) is 0 Å². The van der Waals surface area contributed by atoms with E-state index in [0.717, 1.165) is 11.3 Å². The van der Waals surface area contributed by atoms with E-state index in [2.05, 4.69) is 31.4 Å². The molecule has 2 aromatic rings. The molecule has 0 heterocycles. The van der Waals surface area contributed by atoms with Crippen LogP contribution in [-0.2, 0) is 12.0 Å². The minimum absolute atomic E-state index is 0.0597. The van der Waals surface area contributed by atoms with Crippen LogP contribution in [0.1, 0.15) is 42.3 Å². The van der Waals surface area contributed by atoms with Crippen LogP contribution in [0.2, 0.25) is 0 Å². The van der Waals surface area contributed by atoms with Crippen molar-refractivity contribution in [3.05, 3.63) is 65.2 Å². The topological polar surface area (TPSA) is 50.4 Å². The van der Waals surface area contributed by atoms with Crippen molar-refractivity contribution in [2.75, 3.05) is 7.11 Å². The van der Waals surface area contributed by atoms with Crippen LogP contribution < -0.4 is 15.4 Å². The lowest BCUT2D eigenvalue weighted by molar-refractivity contribution is 0.0976. The van der Waals surface area contributed by atoms with E-state index in [1.54, 1.807) is 7.11 Å². The lowest BCUT2D eigenvalue weighted by Gasteiger charge is -2.19. The molecule has 0 aliphatic carbocycles. The molecule has 4 nitrogen and oxygen atoms in total. The molecule has 0 saturated heterocycles. The van der Waals surface area contributed by atoms with Crippen LogP contribution >= 0.6 is 12.2 Å². The second-order valence-electron chi connectivity index (χ2n) is 6.81. The zero-order valence-electron chi connectivity index (χ0n) is 15.1. The van der Waals surface area contributed by atoms with Gasteiger partial charge in [-0.05, 0) is 53.0 Å². The van der Waals surface area contributed by atoms with Gasteiger partial charge in [0.15, 0.2) is 5.11 Å².